The van der Waals surface area contributed by atoms with Crippen molar-refractivity contribution in [1.29, 1.82) is 0 Å². The first-order chi connectivity index (χ1) is 15.9. The van der Waals surface area contributed by atoms with E-state index in [1.165, 1.54) is 29.8 Å². The highest BCUT2D eigenvalue weighted by Gasteiger charge is 2.47. The first-order valence-corrected chi connectivity index (χ1v) is 12.6. The van der Waals surface area contributed by atoms with Crippen molar-refractivity contribution >= 4 is 51.9 Å². The van der Waals surface area contributed by atoms with Crippen molar-refractivity contribution in [3.8, 4) is 10.7 Å². The van der Waals surface area contributed by atoms with Crippen molar-refractivity contribution in [3.05, 3.63) is 21.5 Å². The number of nitrogens with zero attached hydrogens (tertiary/aromatic N) is 3. The number of thiocarbonyl (C=S) groups is 1. The number of rotatable bonds is 6. The molecule has 0 saturated carbocycles. The minimum atomic E-state index is -0.974. The SMILES string of the molecule is COC(=O)[C@H](CO)NC(=S)c1csc(-c2csc([C@@H]3COC(C)(C)N3C(=O)OC(C)(C)C)n2)n1. The van der Waals surface area contributed by atoms with Crippen molar-refractivity contribution in [1.82, 2.24) is 20.2 Å². The van der Waals surface area contributed by atoms with Gasteiger partial charge in [0.1, 0.15) is 49.8 Å². The second kappa shape index (κ2) is 10.2. The normalized spacial score (nSPS) is 18.4. The van der Waals surface area contributed by atoms with Gasteiger partial charge in [0.25, 0.3) is 0 Å². The molecule has 1 aliphatic heterocycles. The fraction of sp³-hybridized carbons (Fsp3) is 0.571. The van der Waals surface area contributed by atoms with Gasteiger partial charge in [-0.3, -0.25) is 4.90 Å². The molecule has 0 unspecified atom stereocenters. The number of aliphatic hydroxyl groups excluding tert-OH is 1. The lowest BCUT2D eigenvalue weighted by molar-refractivity contribution is -0.143. The highest BCUT2D eigenvalue weighted by Crippen LogP contribution is 2.40. The average Bonchev–Trinajstić information content (AvgIpc) is 3.47. The molecule has 34 heavy (non-hydrogen) atoms. The average molecular weight is 529 g/mol. The van der Waals surface area contributed by atoms with Gasteiger partial charge in [-0.05, 0) is 34.6 Å². The van der Waals surface area contributed by atoms with E-state index in [4.69, 9.17) is 26.7 Å². The molecule has 0 spiro atoms. The summed E-state index contributed by atoms with van der Waals surface area (Å²) in [5.41, 5.74) is -0.387. The molecule has 186 valence electrons. The molecule has 3 heterocycles. The number of methoxy groups -OCH3 is 1. The second-order valence-electron chi connectivity index (χ2n) is 8.96. The number of esters is 1. The highest BCUT2D eigenvalue weighted by molar-refractivity contribution is 7.80. The van der Waals surface area contributed by atoms with Crippen LogP contribution in [0.4, 0.5) is 4.79 Å². The van der Waals surface area contributed by atoms with Gasteiger partial charge in [0.15, 0.2) is 0 Å². The molecule has 10 nitrogen and oxygen atoms in total. The molecule has 2 aromatic heterocycles. The number of aromatic nitrogens is 2. The number of hydrogen-bond donors (Lipinski definition) is 2. The molecule has 13 heteroatoms. The summed E-state index contributed by atoms with van der Waals surface area (Å²) < 4.78 is 16.1. The minimum Gasteiger partial charge on any atom is -0.467 e. The zero-order chi connectivity index (χ0) is 25.3. The molecule has 0 aliphatic carbocycles. The largest absolute Gasteiger partial charge is 0.467 e. The Morgan fingerprint density at radius 2 is 2.06 bits per heavy atom. The van der Waals surface area contributed by atoms with Crippen molar-refractivity contribution < 1.29 is 28.9 Å². The van der Waals surface area contributed by atoms with E-state index in [1.807, 2.05) is 40.0 Å². The number of ether oxygens (including phenoxy) is 3. The molecule has 0 bridgehead atoms. The maximum atomic E-state index is 12.9. The molecule has 1 aliphatic rings. The zero-order valence-electron chi connectivity index (χ0n) is 19.8. The van der Waals surface area contributed by atoms with Crippen molar-refractivity contribution in [2.24, 2.45) is 0 Å². The van der Waals surface area contributed by atoms with E-state index in [2.05, 4.69) is 15.0 Å². The fourth-order valence-corrected chi connectivity index (χ4v) is 5.27. The van der Waals surface area contributed by atoms with Gasteiger partial charge >= 0.3 is 12.1 Å². The summed E-state index contributed by atoms with van der Waals surface area (Å²) in [7, 11) is 1.23. The van der Waals surface area contributed by atoms with Gasteiger partial charge in [0.05, 0.1) is 20.3 Å². The molecule has 1 fully saturated rings. The standard InChI is InChI=1S/C21H28N4O6S3/c1-20(2,3)31-19(28)25-14(8-30-21(25,4)5)17-24-13(10-34-17)16-23-12(9-33-16)15(32)22-11(7-26)18(27)29-6/h9-11,14,26H,7-8H2,1-6H3,(H,22,32)/t11-,14-/m0/s1. The van der Waals surface area contributed by atoms with Crippen LogP contribution in [0.3, 0.4) is 0 Å². The van der Waals surface area contributed by atoms with Gasteiger partial charge in [0, 0.05) is 10.8 Å². The third-order valence-corrected chi connectivity index (χ3v) is 6.95. The van der Waals surface area contributed by atoms with Crippen LogP contribution in [-0.4, -0.2) is 74.7 Å². The molecule has 0 aromatic carbocycles. The summed E-state index contributed by atoms with van der Waals surface area (Å²) in [6, 6.07) is -1.37. The lowest BCUT2D eigenvalue weighted by atomic mass is 10.2. The van der Waals surface area contributed by atoms with Gasteiger partial charge in [-0.2, -0.15) is 0 Å². The maximum Gasteiger partial charge on any atom is 0.413 e. The summed E-state index contributed by atoms with van der Waals surface area (Å²) in [5, 5.41) is 17.1. The Bertz CT molecular complexity index is 1060. The van der Waals surface area contributed by atoms with E-state index in [9.17, 15) is 14.7 Å². The lowest BCUT2D eigenvalue weighted by Crippen LogP contribution is -2.47. The van der Waals surface area contributed by atoms with E-state index in [1.54, 1.807) is 10.3 Å². The number of thiazole rings is 2. The van der Waals surface area contributed by atoms with Crippen LogP contribution in [0.25, 0.3) is 10.7 Å². The Kier molecular flexibility index (Phi) is 7.92. The Labute approximate surface area is 211 Å². The van der Waals surface area contributed by atoms with E-state index in [0.29, 0.717) is 28.0 Å². The molecule has 3 rings (SSSR count). The first-order valence-electron chi connectivity index (χ1n) is 10.4. The van der Waals surface area contributed by atoms with Crippen LogP contribution >= 0.6 is 34.9 Å². The molecule has 1 saturated heterocycles. The highest BCUT2D eigenvalue weighted by atomic mass is 32.1. The zero-order valence-corrected chi connectivity index (χ0v) is 22.2. The maximum absolute atomic E-state index is 12.9. The van der Waals surface area contributed by atoms with Gasteiger partial charge in [-0.1, -0.05) is 12.2 Å². The van der Waals surface area contributed by atoms with E-state index >= 15 is 0 Å². The number of aliphatic hydroxyl groups is 1. The number of hydrogen-bond acceptors (Lipinski definition) is 11. The second-order valence-corrected chi connectivity index (χ2v) is 11.1. The van der Waals surface area contributed by atoms with E-state index in [0.717, 1.165) is 0 Å². The van der Waals surface area contributed by atoms with Gasteiger partial charge in [-0.15, -0.1) is 22.7 Å². The summed E-state index contributed by atoms with van der Waals surface area (Å²) in [6.07, 6.45) is -0.464. The number of carbonyl (C=O) groups is 2. The summed E-state index contributed by atoms with van der Waals surface area (Å²) in [5.74, 6) is -0.624. The Morgan fingerprint density at radius 1 is 1.35 bits per heavy atom. The fourth-order valence-electron chi connectivity index (χ4n) is 3.23. The van der Waals surface area contributed by atoms with Crippen LogP contribution in [0, 0.1) is 0 Å². The van der Waals surface area contributed by atoms with Crippen LogP contribution in [0.15, 0.2) is 10.8 Å². The van der Waals surface area contributed by atoms with Crippen molar-refractivity contribution in [2.45, 2.75) is 58.0 Å². The van der Waals surface area contributed by atoms with Crippen LogP contribution in [0.2, 0.25) is 0 Å². The Hall–Kier alpha value is -2.19. The van der Waals surface area contributed by atoms with Crippen molar-refractivity contribution in [3.63, 3.8) is 0 Å². The summed E-state index contributed by atoms with van der Waals surface area (Å²) >= 11 is 8.07. The number of carbonyl (C=O) groups excluding carboxylic acids is 2. The Morgan fingerprint density at radius 3 is 2.68 bits per heavy atom. The molecule has 2 atom stereocenters. The smallest absolute Gasteiger partial charge is 0.413 e. The third kappa shape index (κ3) is 5.89. The monoisotopic (exact) mass is 528 g/mol. The molecule has 0 radical (unpaired) electrons. The van der Waals surface area contributed by atoms with E-state index in [-0.39, 0.29) is 4.99 Å². The van der Waals surface area contributed by atoms with Crippen molar-refractivity contribution in [2.75, 3.05) is 20.3 Å². The molecular formula is C21H28N4O6S3. The first kappa shape index (κ1) is 26.4. The molecule has 2 N–H and O–H groups in total. The molecular weight excluding hydrogens is 500 g/mol. The third-order valence-electron chi connectivity index (χ3n) is 4.81. The van der Waals surface area contributed by atoms with Crippen LogP contribution in [0.5, 0.6) is 0 Å². The number of amides is 1. The van der Waals surface area contributed by atoms with Crippen LogP contribution in [0.1, 0.15) is 51.4 Å². The number of nitrogens with one attached hydrogen (secondary N) is 1. The van der Waals surface area contributed by atoms with E-state index < -0.39 is 42.1 Å². The lowest BCUT2D eigenvalue weighted by Gasteiger charge is -2.34. The summed E-state index contributed by atoms with van der Waals surface area (Å²) in [4.78, 5) is 35.6. The van der Waals surface area contributed by atoms with Gasteiger partial charge < -0.3 is 24.6 Å². The predicted molar refractivity (Wildman–Crippen MR) is 132 cm³/mol. The molecule has 2 aromatic rings. The minimum absolute atomic E-state index is 0.212. The quantitative estimate of drug-likeness (QED) is 0.427. The topological polar surface area (TPSA) is 123 Å². The van der Waals surface area contributed by atoms with Gasteiger partial charge in [0.2, 0.25) is 0 Å². The van der Waals surface area contributed by atoms with Crippen LogP contribution in [-0.2, 0) is 19.0 Å². The summed E-state index contributed by atoms with van der Waals surface area (Å²) in [6.45, 7) is 8.93. The Balaban J connectivity index is 1.78. The molecule has 1 amide bonds. The predicted octanol–water partition coefficient (Wildman–Crippen LogP) is 3.11. The van der Waals surface area contributed by atoms with Crippen LogP contribution < -0.4 is 5.32 Å². The van der Waals surface area contributed by atoms with Gasteiger partial charge in [-0.25, -0.2) is 19.6 Å².